The van der Waals surface area contributed by atoms with Crippen molar-refractivity contribution in [1.82, 2.24) is 5.32 Å². The smallest absolute Gasteiger partial charge is 0.407 e. The lowest BCUT2D eigenvalue weighted by atomic mass is 9.50. The molecule has 6 atom stereocenters. The van der Waals surface area contributed by atoms with E-state index in [1.807, 2.05) is 6.07 Å². The van der Waals surface area contributed by atoms with Gasteiger partial charge in [0.2, 0.25) is 0 Å². The largest absolute Gasteiger partial charge is 0.487 e. The van der Waals surface area contributed by atoms with Crippen LogP contribution < -0.4 is 10.1 Å². The zero-order valence-electron chi connectivity index (χ0n) is 18.5. The quantitative estimate of drug-likeness (QED) is 0.736. The molecular weight excluding hydrogens is 378 g/mol. The molecule has 2 aliphatic carbocycles. The van der Waals surface area contributed by atoms with Crippen LogP contribution in [0.15, 0.2) is 24.3 Å². The van der Waals surface area contributed by atoms with Gasteiger partial charge in [-0.05, 0) is 44.1 Å². The molecule has 4 aliphatic rings. The average Bonchev–Trinajstić information content (AvgIpc) is 2.73. The lowest BCUT2D eigenvalue weighted by Gasteiger charge is -2.63. The second kappa shape index (κ2) is 7.44. The standard InChI is InChI=1S/C25H35NO4/c1-16-13-24(3)21-17(2)25(16,15-29-23(27)26-18-9-5-4-6-10-18)14-28-22(21)19-11-7-8-12-20(19)30-24/h7-8,11-12,16-18,21-22H,4-6,9-10,13-15H2,1-3H3,(H,26,27)/t16-,17-,21-,22+,24+,25+/m1/s1. The van der Waals surface area contributed by atoms with Gasteiger partial charge in [-0.15, -0.1) is 0 Å². The number of para-hydroxylation sites is 1. The van der Waals surface area contributed by atoms with Gasteiger partial charge >= 0.3 is 6.09 Å². The van der Waals surface area contributed by atoms with Crippen molar-refractivity contribution in [3.8, 4) is 5.75 Å². The fourth-order valence-electron chi connectivity index (χ4n) is 6.91. The number of amides is 1. The van der Waals surface area contributed by atoms with E-state index in [4.69, 9.17) is 14.2 Å². The summed E-state index contributed by atoms with van der Waals surface area (Å²) >= 11 is 0. The Balaban J connectivity index is 1.34. The Bertz CT molecular complexity index is 806. The predicted octanol–water partition coefficient (Wildman–Crippen LogP) is 5.25. The van der Waals surface area contributed by atoms with Gasteiger partial charge in [-0.25, -0.2) is 4.79 Å². The topological polar surface area (TPSA) is 56.8 Å². The van der Waals surface area contributed by atoms with Crippen molar-refractivity contribution in [2.24, 2.45) is 23.2 Å². The average molecular weight is 414 g/mol. The van der Waals surface area contributed by atoms with Crippen molar-refractivity contribution in [3.05, 3.63) is 29.8 Å². The Morgan fingerprint density at radius 2 is 1.97 bits per heavy atom. The highest BCUT2D eigenvalue weighted by Gasteiger charge is 2.64. The summed E-state index contributed by atoms with van der Waals surface area (Å²) < 4.78 is 19.0. The molecule has 0 unspecified atom stereocenters. The molecule has 5 nitrogen and oxygen atoms in total. The molecule has 5 heteroatoms. The van der Waals surface area contributed by atoms with E-state index in [2.05, 4.69) is 44.3 Å². The molecule has 3 fully saturated rings. The van der Waals surface area contributed by atoms with Crippen LogP contribution in [0.4, 0.5) is 4.79 Å². The number of benzene rings is 1. The molecule has 1 aromatic rings. The van der Waals surface area contributed by atoms with Crippen LogP contribution in [0.5, 0.6) is 5.75 Å². The van der Waals surface area contributed by atoms with Gasteiger partial charge in [0, 0.05) is 22.9 Å². The molecule has 0 aromatic heterocycles. The number of rotatable bonds is 3. The molecule has 5 rings (SSSR count). The SMILES string of the molecule is C[C@@H]1C[C@]2(C)Oc3ccccc3[C@@H]3OC[C@@]1(COC(=O)NC1CCCCC1)[C@H](C)[C@H]32. The molecule has 2 saturated carbocycles. The van der Waals surface area contributed by atoms with Gasteiger partial charge in [0.1, 0.15) is 18.0 Å². The molecule has 1 saturated heterocycles. The fraction of sp³-hybridized carbons (Fsp3) is 0.720. The van der Waals surface area contributed by atoms with Crippen LogP contribution in [0.2, 0.25) is 0 Å². The number of carbonyl (C=O) groups is 1. The zero-order chi connectivity index (χ0) is 20.9. The lowest BCUT2D eigenvalue weighted by molar-refractivity contribution is -0.259. The van der Waals surface area contributed by atoms with Crippen molar-refractivity contribution < 1.29 is 19.0 Å². The van der Waals surface area contributed by atoms with Crippen molar-refractivity contribution in [3.63, 3.8) is 0 Å². The number of hydrogen-bond donors (Lipinski definition) is 1. The van der Waals surface area contributed by atoms with Crippen molar-refractivity contribution in [2.75, 3.05) is 13.2 Å². The summed E-state index contributed by atoms with van der Waals surface area (Å²) in [6.07, 6.45) is 6.52. The van der Waals surface area contributed by atoms with E-state index in [0.29, 0.717) is 25.0 Å². The summed E-state index contributed by atoms with van der Waals surface area (Å²) in [7, 11) is 0. The first-order chi connectivity index (χ1) is 14.4. The minimum atomic E-state index is -0.267. The van der Waals surface area contributed by atoms with Crippen molar-refractivity contribution >= 4 is 6.09 Å². The van der Waals surface area contributed by atoms with Gasteiger partial charge in [-0.2, -0.15) is 0 Å². The number of hydrogen-bond acceptors (Lipinski definition) is 4. The van der Waals surface area contributed by atoms with Gasteiger partial charge in [-0.3, -0.25) is 0 Å². The number of carbonyl (C=O) groups excluding carboxylic acids is 1. The summed E-state index contributed by atoms with van der Waals surface area (Å²) in [6, 6.07) is 8.55. The van der Waals surface area contributed by atoms with E-state index in [0.717, 1.165) is 30.6 Å². The first-order valence-electron chi connectivity index (χ1n) is 11.8. The number of alkyl carbamates (subject to hydrolysis) is 1. The van der Waals surface area contributed by atoms with Crippen LogP contribution in [-0.4, -0.2) is 30.9 Å². The molecule has 2 aliphatic heterocycles. The molecule has 1 amide bonds. The number of nitrogens with one attached hydrogen (secondary N) is 1. The Labute approximate surface area is 179 Å². The van der Waals surface area contributed by atoms with E-state index in [-0.39, 0.29) is 35.2 Å². The molecule has 164 valence electrons. The third-order valence-electron chi connectivity index (χ3n) is 8.67. The Morgan fingerprint density at radius 1 is 1.20 bits per heavy atom. The third-order valence-corrected chi connectivity index (χ3v) is 8.67. The second-order valence-corrected chi connectivity index (χ2v) is 10.4. The summed E-state index contributed by atoms with van der Waals surface area (Å²) in [5.41, 5.74) is 0.734. The summed E-state index contributed by atoms with van der Waals surface area (Å²) in [5, 5.41) is 3.09. The summed E-state index contributed by atoms with van der Waals surface area (Å²) in [6.45, 7) is 7.86. The minimum absolute atomic E-state index is 0.0478. The molecule has 30 heavy (non-hydrogen) atoms. The van der Waals surface area contributed by atoms with Gasteiger partial charge in [0.05, 0.1) is 12.7 Å². The summed E-state index contributed by atoms with van der Waals surface area (Å²) in [4.78, 5) is 12.5. The molecule has 1 aromatic carbocycles. The molecule has 2 bridgehead atoms. The maximum Gasteiger partial charge on any atom is 0.407 e. The molecular formula is C25H35NO4. The van der Waals surface area contributed by atoms with E-state index in [9.17, 15) is 4.79 Å². The van der Waals surface area contributed by atoms with E-state index < -0.39 is 0 Å². The fourth-order valence-corrected chi connectivity index (χ4v) is 6.91. The molecule has 0 spiro atoms. The normalized spacial score (nSPS) is 40.1. The highest BCUT2D eigenvalue weighted by molar-refractivity contribution is 5.67. The van der Waals surface area contributed by atoms with Gasteiger partial charge < -0.3 is 19.5 Å². The Morgan fingerprint density at radius 3 is 2.77 bits per heavy atom. The van der Waals surface area contributed by atoms with Crippen LogP contribution in [0.25, 0.3) is 0 Å². The third kappa shape index (κ3) is 3.12. The van der Waals surface area contributed by atoms with Crippen LogP contribution >= 0.6 is 0 Å². The summed E-state index contributed by atoms with van der Waals surface area (Å²) in [5.74, 6) is 1.88. The van der Waals surface area contributed by atoms with Crippen LogP contribution in [-0.2, 0) is 9.47 Å². The van der Waals surface area contributed by atoms with Crippen molar-refractivity contribution in [1.29, 1.82) is 0 Å². The first-order valence-corrected chi connectivity index (χ1v) is 11.8. The van der Waals surface area contributed by atoms with Crippen LogP contribution in [0.3, 0.4) is 0 Å². The van der Waals surface area contributed by atoms with E-state index >= 15 is 0 Å². The Hall–Kier alpha value is -1.75. The van der Waals surface area contributed by atoms with Crippen molar-refractivity contribution in [2.45, 2.75) is 77.0 Å². The van der Waals surface area contributed by atoms with Crippen LogP contribution in [0.1, 0.15) is 71.0 Å². The number of fused-ring (bicyclic) bond motifs is 3. The van der Waals surface area contributed by atoms with Gasteiger partial charge in [0.15, 0.2) is 0 Å². The maximum absolute atomic E-state index is 12.5. The first kappa shape index (κ1) is 20.2. The van der Waals surface area contributed by atoms with Gasteiger partial charge in [-0.1, -0.05) is 51.3 Å². The predicted molar refractivity (Wildman–Crippen MR) is 114 cm³/mol. The van der Waals surface area contributed by atoms with E-state index in [1.165, 1.54) is 19.3 Å². The maximum atomic E-state index is 12.5. The van der Waals surface area contributed by atoms with Crippen LogP contribution in [0, 0.1) is 23.2 Å². The number of ether oxygens (including phenoxy) is 3. The van der Waals surface area contributed by atoms with Gasteiger partial charge in [0.25, 0.3) is 0 Å². The Kier molecular flexibility index (Phi) is 5.00. The second-order valence-electron chi connectivity index (χ2n) is 10.4. The molecule has 1 N–H and O–H groups in total. The lowest BCUT2D eigenvalue weighted by Crippen LogP contribution is -2.66. The minimum Gasteiger partial charge on any atom is -0.487 e. The highest BCUT2D eigenvalue weighted by atomic mass is 16.6. The highest BCUT2D eigenvalue weighted by Crippen LogP contribution is 2.63. The monoisotopic (exact) mass is 413 g/mol. The molecule has 0 radical (unpaired) electrons. The van der Waals surface area contributed by atoms with E-state index in [1.54, 1.807) is 0 Å². The zero-order valence-corrected chi connectivity index (χ0v) is 18.5. The molecule has 2 heterocycles.